The van der Waals surface area contributed by atoms with Crippen LogP contribution < -0.4 is 4.74 Å². The number of hydrogen-bond acceptors (Lipinski definition) is 4. The van der Waals surface area contributed by atoms with Gasteiger partial charge in [-0.3, -0.25) is 4.79 Å². The molecule has 2 aromatic rings. The van der Waals surface area contributed by atoms with Gasteiger partial charge in [0, 0.05) is 12.5 Å². The van der Waals surface area contributed by atoms with E-state index in [0.717, 1.165) is 16.7 Å². The highest BCUT2D eigenvalue weighted by molar-refractivity contribution is 9.10. The first-order chi connectivity index (χ1) is 11.9. The van der Waals surface area contributed by atoms with Crippen LogP contribution in [0.3, 0.4) is 0 Å². The molecule has 2 aromatic carbocycles. The number of hydrogen-bond donors (Lipinski definition) is 0. The summed E-state index contributed by atoms with van der Waals surface area (Å²) in [6.45, 7) is 3.34. The standard InChI is InChI=1S/C20H15BrO4/c1-12-3-6-15(7-4-12)19-11-16(20(23)25-19)9-14-5-8-18(17(21)10-14)24-13(2)22/h3-11H,1-2H3/b16-9+. The van der Waals surface area contributed by atoms with Crippen LogP contribution in [0, 0.1) is 6.92 Å². The van der Waals surface area contributed by atoms with Crippen molar-refractivity contribution in [2.24, 2.45) is 0 Å². The SMILES string of the molecule is CC(=O)Oc1ccc(/C=C2\C=C(c3ccc(C)cc3)OC2=O)cc1Br. The van der Waals surface area contributed by atoms with Crippen LogP contribution in [0.15, 0.2) is 58.6 Å². The van der Waals surface area contributed by atoms with Crippen LogP contribution in [0.2, 0.25) is 0 Å². The second kappa shape index (κ2) is 7.07. The van der Waals surface area contributed by atoms with Crippen molar-refractivity contribution >= 4 is 39.7 Å². The van der Waals surface area contributed by atoms with Crippen molar-refractivity contribution in [2.75, 3.05) is 0 Å². The fourth-order valence-corrected chi connectivity index (χ4v) is 2.85. The summed E-state index contributed by atoms with van der Waals surface area (Å²) in [6.07, 6.45) is 3.45. The van der Waals surface area contributed by atoms with E-state index >= 15 is 0 Å². The van der Waals surface area contributed by atoms with E-state index in [1.54, 1.807) is 30.4 Å². The molecule has 3 rings (SSSR count). The maximum Gasteiger partial charge on any atom is 0.343 e. The minimum Gasteiger partial charge on any atom is -0.426 e. The Bertz CT molecular complexity index is 908. The first-order valence-corrected chi connectivity index (χ1v) is 8.42. The third kappa shape index (κ3) is 4.06. The van der Waals surface area contributed by atoms with Crippen LogP contribution in [0.1, 0.15) is 23.6 Å². The molecule has 0 aromatic heterocycles. The van der Waals surface area contributed by atoms with Gasteiger partial charge < -0.3 is 9.47 Å². The van der Waals surface area contributed by atoms with Crippen molar-refractivity contribution in [3.8, 4) is 5.75 Å². The highest BCUT2D eigenvalue weighted by atomic mass is 79.9. The van der Waals surface area contributed by atoms with Gasteiger partial charge in [0.25, 0.3) is 0 Å². The summed E-state index contributed by atoms with van der Waals surface area (Å²) >= 11 is 3.36. The summed E-state index contributed by atoms with van der Waals surface area (Å²) < 4.78 is 11.0. The largest absolute Gasteiger partial charge is 0.426 e. The molecule has 5 heteroatoms. The van der Waals surface area contributed by atoms with Crippen LogP contribution in [0.4, 0.5) is 0 Å². The van der Waals surface area contributed by atoms with Gasteiger partial charge in [0.05, 0.1) is 10.0 Å². The summed E-state index contributed by atoms with van der Waals surface area (Å²) in [5.74, 6) is 0.180. The molecule has 0 amide bonds. The molecular formula is C20H15BrO4. The smallest absolute Gasteiger partial charge is 0.343 e. The average Bonchev–Trinajstić information content (AvgIpc) is 2.91. The number of benzene rings is 2. The maximum atomic E-state index is 12.1. The van der Waals surface area contributed by atoms with E-state index in [4.69, 9.17) is 9.47 Å². The number of aryl methyl sites for hydroxylation is 1. The van der Waals surface area contributed by atoms with Crippen molar-refractivity contribution in [1.82, 2.24) is 0 Å². The number of carbonyl (C=O) groups excluding carboxylic acids is 2. The normalized spacial score (nSPS) is 15.1. The average molecular weight is 399 g/mol. The molecule has 1 aliphatic heterocycles. The van der Waals surface area contributed by atoms with Crippen molar-refractivity contribution in [1.29, 1.82) is 0 Å². The Balaban J connectivity index is 1.88. The lowest BCUT2D eigenvalue weighted by Crippen LogP contribution is -2.02. The van der Waals surface area contributed by atoms with E-state index in [1.165, 1.54) is 6.92 Å². The van der Waals surface area contributed by atoms with Gasteiger partial charge >= 0.3 is 11.9 Å². The maximum absolute atomic E-state index is 12.1. The molecule has 1 aliphatic rings. The monoisotopic (exact) mass is 398 g/mol. The second-order valence-corrected chi connectivity index (χ2v) is 6.50. The van der Waals surface area contributed by atoms with Crippen LogP contribution in [-0.4, -0.2) is 11.9 Å². The molecule has 1 heterocycles. The van der Waals surface area contributed by atoms with E-state index in [0.29, 0.717) is 21.6 Å². The molecule has 126 valence electrons. The van der Waals surface area contributed by atoms with Crippen LogP contribution in [0.25, 0.3) is 11.8 Å². The highest BCUT2D eigenvalue weighted by Crippen LogP contribution is 2.30. The highest BCUT2D eigenvalue weighted by Gasteiger charge is 2.22. The fourth-order valence-electron chi connectivity index (χ4n) is 2.37. The summed E-state index contributed by atoms with van der Waals surface area (Å²) in [5.41, 5.74) is 3.25. The number of cyclic esters (lactones) is 1. The molecule has 0 saturated heterocycles. The predicted molar refractivity (Wildman–Crippen MR) is 98.7 cm³/mol. The second-order valence-electron chi connectivity index (χ2n) is 5.65. The molecule has 25 heavy (non-hydrogen) atoms. The summed E-state index contributed by atoms with van der Waals surface area (Å²) in [5, 5.41) is 0. The van der Waals surface area contributed by atoms with E-state index in [2.05, 4.69) is 15.9 Å². The molecule has 4 nitrogen and oxygen atoms in total. The summed E-state index contributed by atoms with van der Waals surface area (Å²) in [4.78, 5) is 23.1. The Labute approximate surface area is 153 Å². The topological polar surface area (TPSA) is 52.6 Å². The van der Waals surface area contributed by atoms with Crippen LogP contribution in [0.5, 0.6) is 5.75 Å². The molecule has 0 spiro atoms. The molecule has 0 bridgehead atoms. The number of esters is 2. The molecular weight excluding hydrogens is 384 g/mol. The first-order valence-electron chi connectivity index (χ1n) is 7.63. The van der Waals surface area contributed by atoms with Crippen molar-refractivity contribution in [3.05, 3.63) is 75.3 Å². The Morgan fingerprint density at radius 1 is 1.16 bits per heavy atom. The van der Waals surface area contributed by atoms with E-state index in [-0.39, 0.29) is 0 Å². The minimum atomic E-state index is -0.393. The van der Waals surface area contributed by atoms with E-state index in [9.17, 15) is 9.59 Å². The molecule has 0 aliphatic carbocycles. The van der Waals surface area contributed by atoms with Gasteiger partial charge in [-0.25, -0.2) is 4.79 Å². The first kappa shape index (κ1) is 17.2. The predicted octanol–water partition coefficient (Wildman–Crippen LogP) is 4.66. The Morgan fingerprint density at radius 3 is 2.52 bits per heavy atom. The molecule has 0 N–H and O–H groups in total. The Kier molecular flexibility index (Phi) is 4.86. The molecule has 0 atom stereocenters. The fraction of sp³-hybridized carbons (Fsp3) is 0.100. The van der Waals surface area contributed by atoms with Crippen molar-refractivity contribution in [3.63, 3.8) is 0 Å². The van der Waals surface area contributed by atoms with Gasteiger partial charge in [-0.2, -0.15) is 0 Å². The van der Waals surface area contributed by atoms with Crippen LogP contribution in [-0.2, 0) is 14.3 Å². The third-order valence-corrected chi connectivity index (χ3v) is 4.21. The van der Waals surface area contributed by atoms with Gasteiger partial charge in [-0.05, 0) is 52.7 Å². The number of rotatable bonds is 3. The lowest BCUT2D eigenvalue weighted by Gasteiger charge is -2.04. The molecule has 0 unspecified atom stereocenters. The Morgan fingerprint density at radius 2 is 1.88 bits per heavy atom. The number of halogens is 1. The molecule has 0 fully saturated rings. The Hall–Kier alpha value is -2.66. The third-order valence-electron chi connectivity index (χ3n) is 3.59. The van der Waals surface area contributed by atoms with Crippen molar-refractivity contribution in [2.45, 2.75) is 13.8 Å². The van der Waals surface area contributed by atoms with Gasteiger partial charge in [0.15, 0.2) is 0 Å². The zero-order valence-corrected chi connectivity index (χ0v) is 15.3. The quantitative estimate of drug-likeness (QED) is 0.428. The molecule has 0 saturated carbocycles. The van der Waals surface area contributed by atoms with Gasteiger partial charge in [0.1, 0.15) is 11.5 Å². The zero-order chi connectivity index (χ0) is 18.0. The minimum absolute atomic E-state index is 0.392. The summed E-state index contributed by atoms with van der Waals surface area (Å²) in [6, 6.07) is 13.0. The number of ether oxygens (including phenoxy) is 2. The summed E-state index contributed by atoms with van der Waals surface area (Å²) in [7, 11) is 0. The lowest BCUT2D eigenvalue weighted by atomic mass is 10.1. The van der Waals surface area contributed by atoms with E-state index < -0.39 is 11.9 Å². The van der Waals surface area contributed by atoms with Crippen molar-refractivity contribution < 1.29 is 19.1 Å². The van der Waals surface area contributed by atoms with Crippen LogP contribution >= 0.6 is 15.9 Å². The number of carbonyl (C=O) groups is 2. The van der Waals surface area contributed by atoms with E-state index in [1.807, 2.05) is 31.2 Å². The molecule has 0 radical (unpaired) electrons. The van der Waals surface area contributed by atoms with Gasteiger partial charge in [0.2, 0.25) is 0 Å². The zero-order valence-electron chi connectivity index (χ0n) is 13.7. The lowest BCUT2D eigenvalue weighted by molar-refractivity contribution is -0.132. The van der Waals surface area contributed by atoms with Gasteiger partial charge in [-0.15, -0.1) is 0 Å². The van der Waals surface area contributed by atoms with Gasteiger partial charge in [-0.1, -0.05) is 35.9 Å².